The minimum absolute atomic E-state index is 0.149. The average molecular weight is 286 g/mol. The van der Waals surface area contributed by atoms with Gasteiger partial charge in [-0.2, -0.15) is 10.5 Å². The van der Waals surface area contributed by atoms with Gasteiger partial charge >= 0.3 is 12.0 Å². The molecule has 0 aliphatic rings. The molecule has 0 spiro atoms. The summed E-state index contributed by atoms with van der Waals surface area (Å²) in [6, 6.07) is 7.47. The van der Waals surface area contributed by atoms with Crippen LogP contribution in [0.1, 0.15) is 24.5 Å². The Kier molecular flexibility index (Phi) is 5.72. The Hall–Kier alpha value is -3.06. The summed E-state index contributed by atoms with van der Waals surface area (Å²) < 4.78 is 0. The highest BCUT2D eigenvalue weighted by atomic mass is 16.4. The third-order valence-corrected chi connectivity index (χ3v) is 2.62. The van der Waals surface area contributed by atoms with E-state index >= 15 is 0 Å². The molecular formula is C14H14N4O3. The van der Waals surface area contributed by atoms with Crippen molar-refractivity contribution in [3.05, 3.63) is 29.3 Å². The first-order valence-corrected chi connectivity index (χ1v) is 6.23. The Balaban J connectivity index is 2.89. The number of carboxylic acids is 1. The van der Waals surface area contributed by atoms with Crippen LogP contribution in [0, 0.1) is 22.7 Å². The number of carbonyl (C=O) groups is 2. The second-order valence-electron chi connectivity index (χ2n) is 4.23. The van der Waals surface area contributed by atoms with E-state index in [0.29, 0.717) is 18.7 Å². The Morgan fingerprint density at radius 1 is 1.29 bits per heavy atom. The predicted molar refractivity (Wildman–Crippen MR) is 74.4 cm³/mol. The molecule has 2 amide bonds. The van der Waals surface area contributed by atoms with E-state index in [0.717, 1.165) is 4.90 Å². The van der Waals surface area contributed by atoms with Gasteiger partial charge in [0, 0.05) is 12.2 Å². The van der Waals surface area contributed by atoms with Crippen molar-refractivity contribution in [3.8, 4) is 12.1 Å². The fraction of sp³-hybridized carbons (Fsp3) is 0.286. The number of nitrogens with zero attached hydrogens (tertiary/aromatic N) is 3. The van der Waals surface area contributed by atoms with E-state index in [1.54, 1.807) is 0 Å². The van der Waals surface area contributed by atoms with Gasteiger partial charge in [0.05, 0.1) is 11.1 Å². The van der Waals surface area contributed by atoms with Crippen LogP contribution < -0.4 is 5.32 Å². The lowest BCUT2D eigenvalue weighted by molar-refractivity contribution is -0.137. The standard InChI is InChI=1S/C14H14N4O3/c1-2-5-18(9-13(19)20)14(21)17-12-4-3-10(7-15)11(6-12)8-16/h3-4,6H,2,5,9H2,1H3,(H,17,21)(H,19,20). The highest BCUT2D eigenvalue weighted by Gasteiger charge is 2.16. The van der Waals surface area contributed by atoms with Crippen LogP contribution in [-0.2, 0) is 4.79 Å². The maximum absolute atomic E-state index is 12.0. The lowest BCUT2D eigenvalue weighted by Gasteiger charge is -2.20. The summed E-state index contributed by atoms with van der Waals surface area (Å²) in [7, 11) is 0. The van der Waals surface area contributed by atoms with E-state index in [9.17, 15) is 9.59 Å². The van der Waals surface area contributed by atoms with Crippen LogP contribution in [-0.4, -0.2) is 35.1 Å². The number of carboxylic acid groups (broad SMARTS) is 1. The normalized spacial score (nSPS) is 9.29. The average Bonchev–Trinajstić information content (AvgIpc) is 2.46. The number of urea groups is 1. The van der Waals surface area contributed by atoms with Crippen molar-refractivity contribution in [2.75, 3.05) is 18.4 Å². The summed E-state index contributed by atoms with van der Waals surface area (Å²) in [6.07, 6.45) is 0.623. The van der Waals surface area contributed by atoms with Crippen molar-refractivity contribution in [3.63, 3.8) is 0 Å². The van der Waals surface area contributed by atoms with Crippen LogP contribution in [0.2, 0.25) is 0 Å². The van der Waals surface area contributed by atoms with E-state index in [2.05, 4.69) is 5.32 Å². The van der Waals surface area contributed by atoms with Crippen LogP contribution in [0.5, 0.6) is 0 Å². The van der Waals surface area contributed by atoms with E-state index in [1.165, 1.54) is 18.2 Å². The summed E-state index contributed by atoms with van der Waals surface area (Å²) in [6.45, 7) is 1.73. The Labute approximate surface area is 122 Å². The summed E-state index contributed by atoms with van der Waals surface area (Å²) in [5.74, 6) is -1.10. The summed E-state index contributed by atoms with van der Waals surface area (Å²) in [5.41, 5.74) is 0.698. The van der Waals surface area contributed by atoms with Crippen LogP contribution in [0.15, 0.2) is 18.2 Å². The van der Waals surface area contributed by atoms with Gasteiger partial charge in [0.2, 0.25) is 0 Å². The number of carbonyl (C=O) groups excluding carboxylic acids is 1. The number of anilines is 1. The van der Waals surface area contributed by atoms with E-state index in [-0.39, 0.29) is 11.1 Å². The minimum Gasteiger partial charge on any atom is -0.480 e. The van der Waals surface area contributed by atoms with Gasteiger partial charge in [0.1, 0.15) is 18.7 Å². The molecule has 0 bridgehead atoms. The molecule has 0 saturated carbocycles. The molecule has 0 unspecified atom stereocenters. The van der Waals surface area contributed by atoms with Crippen LogP contribution in [0.4, 0.5) is 10.5 Å². The number of amides is 2. The first-order valence-electron chi connectivity index (χ1n) is 6.23. The Morgan fingerprint density at radius 3 is 2.48 bits per heavy atom. The number of hydrogen-bond acceptors (Lipinski definition) is 4. The Morgan fingerprint density at radius 2 is 1.95 bits per heavy atom. The second-order valence-corrected chi connectivity index (χ2v) is 4.23. The van der Waals surface area contributed by atoms with Crippen molar-refractivity contribution in [1.29, 1.82) is 10.5 Å². The molecule has 0 aliphatic heterocycles. The molecule has 7 nitrogen and oxygen atoms in total. The van der Waals surface area contributed by atoms with Crippen molar-refractivity contribution in [2.45, 2.75) is 13.3 Å². The van der Waals surface area contributed by atoms with Crippen LogP contribution in [0.3, 0.4) is 0 Å². The topological polar surface area (TPSA) is 117 Å². The first kappa shape index (κ1) is 16.0. The third kappa shape index (κ3) is 4.51. The molecule has 0 heterocycles. The zero-order valence-corrected chi connectivity index (χ0v) is 11.5. The third-order valence-electron chi connectivity index (χ3n) is 2.62. The fourth-order valence-electron chi connectivity index (χ4n) is 1.70. The van der Waals surface area contributed by atoms with E-state index in [1.807, 2.05) is 19.1 Å². The summed E-state index contributed by atoms with van der Waals surface area (Å²) in [4.78, 5) is 23.9. The maximum Gasteiger partial charge on any atom is 0.323 e. The SMILES string of the molecule is CCCN(CC(=O)O)C(=O)Nc1ccc(C#N)c(C#N)c1. The van der Waals surface area contributed by atoms with Gasteiger partial charge < -0.3 is 15.3 Å². The van der Waals surface area contributed by atoms with Crippen LogP contribution in [0.25, 0.3) is 0 Å². The van der Waals surface area contributed by atoms with Gasteiger partial charge in [-0.15, -0.1) is 0 Å². The summed E-state index contributed by atoms with van der Waals surface area (Å²) >= 11 is 0. The number of nitriles is 2. The Bertz CT molecular complexity index is 628. The molecule has 2 N–H and O–H groups in total. The molecule has 1 aromatic rings. The molecule has 0 radical (unpaired) electrons. The smallest absolute Gasteiger partial charge is 0.323 e. The van der Waals surface area contributed by atoms with Gasteiger partial charge in [-0.25, -0.2) is 4.79 Å². The molecule has 0 aliphatic carbocycles. The molecule has 0 saturated heterocycles. The highest BCUT2D eigenvalue weighted by molar-refractivity contribution is 5.91. The number of aliphatic carboxylic acids is 1. The molecular weight excluding hydrogens is 272 g/mol. The monoisotopic (exact) mass is 286 g/mol. The molecule has 7 heteroatoms. The largest absolute Gasteiger partial charge is 0.480 e. The lowest BCUT2D eigenvalue weighted by Crippen LogP contribution is -2.39. The fourth-order valence-corrected chi connectivity index (χ4v) is 1.70. The van der Waals surface area contributed by atoms with E-state index in [4.69, 9.17) is 15.6 Å². The van der Waals surface area contributed by atoms with Crippen molar-refractivity contribution < 1.29 is 14.7 Å². The van der Waals surface area contributed by atoms with Gasteiger partial charge in [0.15, 0.2) is 0 Å². The lowest BCUT2D eigenvalue weighted by atomic mass is 10.1. The number of benzene rings is 1. The first-order chi connectivity index (χ1) is 10.0. The zero-order valence-electron chi connectivity index (χ0n) is 11.5. The highest BCUT2D eigenvalue weighted by Crippen LogP contribution is 2.15. The molecule has 0 aromatic heterocycles. The van der Waals surface area contributed by atoms with Gasteiger partial charge in [0.25, 0.3) is 0 Å². The number of hydrogen-bond donors (Lipinski definition) is 2. The van der Waals surface area contributed by atoms with E-state index < -0.39 is 18.5 Å². The van der Waals surface area contributed by atoms with Crippen molar-refractivity contribution in [1.82, 2.24) is 4.90 Å². The van der Waals surface area contributed by atoms with Crippen LogP contribution >= 0.6 is 0 Å². The maximum atomic E-state index is 12.0. The predicted octanol–water partition coefficient (Wildman–Crippen LogP) is 1.76. The minimum atomic E-state index is -1.10. The number of nitrogens with one attached hydrogen (secondary N) is 1. The quantitative estimate of drug-likeness (QED) is 0.855. The molecule has 1 rings (SSSR count). The molecule has 0 fully saturated rings. The number of rotatable bonds is 5. The van der Waals surface area contributed by atoms with Crippen molar-refractivity contribution in [2.24, 2.45) is 0 Å². The van der Waals surface area contributed by atoms with Crippen molar-refractivity contribution >= 4 is 17.7 Å². The molecule has 21 heavy (non-hydrogen) atoms. The van der Waals surface area contributed by atoms with Gasteiger partial charge in [-0.1, -0.05) is 6.92 Å². The zero-order chi connectivity index (χ0) is 15.8. The van der Waals surface area contributed by atoms with Gasteiger partial charge in [-0.05, 0) is 24.6 Å². The second kappa shape index (κ2) is 7.51. The molecule has 0 atom stereocenters. The molecule has 1 aromatic carbocycles. The summed E-state index contributed by atoms with van der Waals surface area (Å²) in [5, 5.41) is 29.0. The molecule has 108 valence electrons. The van der Waals surface area contributed by atoms with Gasteiger partial charge in [-0.3, -0.25) is 4.79 Å².